The van der Waals surface area contributed by atoms with E-state index in [1.165, 1.54) is 11.0 Å². The Bertz CT molecular complexity index is 1640. The Morgan fingerprint density at radius 1 is 0.942 bits per heavy atom. The number of halogens is 4. The van der Waals surface area contributed by atoms with Crippen LogP contribution >= 0.6 is 11.6 Å². The lowest BCUT2D eigenvalue weighted by molar-refractivity contribution is -0.143. The highest BCUT2D eigenvalue weighted by Gasteiger charge is 2.39. The van der Waals surface area contributed by atoms with Gasteiger partial charge in [0.2, 0.25) is 0 Å². The lowest BCUT2D eigenvalue weighted by Crippen LogP contribution is -2.56. The standard InChI is InChI=1S/C36H43ClF3N5O7/c1-23(46)51-32-28(36(38,39)40)20-24(21-29(32)37)22-31(33(47)43-16-14-42(15-17-43)26-9-18-50-19-10-26)52-35(49)44-11-7-27(8-12-44)45-13-6-25-4-2-3-5-30(25)41-34(45)48/h2-5,20-21,26-27,31H,6-19,22H2,1H3,(H,41,48)/t31-/m1/s1. The molecule has 2 aromatic carbocycles. The van der Waals surface area contributed by atoms with Gasteiger partial charge in [-0.25, -0.2) is 9.59 Å². The third kappa shape index (κ3) is 8.92. The number of esters is 1. The van der Waals surface area contributed by atoms with Crippen LogP contribution in [0.4, 0.5) is 28.4 Å². The number of likely N-dealkylation sites (tertiary alicyclic amines) is 1. The molecule has 4 amide bonds. The number of rotatable bonds is 7. The number of nitrogens with zero attached hydrogens (tertiary/aromatic N) is 4. The van der Waals surface area contributed by atoms with Crippen molar-refractivity contribution in [3.05, 3.63) is 58.1 Å². The van der Waals surface area contributed by atoms with Gasteiger partial charge in [-0.15, -0.1) is 0 Å². The van der Waals surface area contributed by atoms with Gasteiger partial charge in [0.25, 0.3) is 5.91 Å². The molecule has 16 heteroatoms. The van der Waals surface area contributed by atoms with Crippen LogP contribution in [0.3, 0.4) is 0 Å². The largest absolute Gasteiger partial charge is 0.436 e. The fourth-order valence-corrected chi connectivity index (χ4v) is 7.76. The van der Waals surface area contributed by atoms with E-state index >= 15 is 0 Å². The van der Waals surface area contributed by atoms with Crippen molar-refractivity contribution in [2.45, 2.75) is 69.8 Å². The Hall–Kier alpha value is -4.08. The average molecular weight is 750 g/mol. The molecule has 2 aromatic rings. The fraction of sp³-hybridized carbons (Fsp3) is 0.556. The van der Waals surface area contributed by atoms with Crippen molar-refractivity contribution in [3.63, 3.8) is 0 Å². The summed E-state index contributed by atoms with van der Waals surface area (Å²) in [6.45, 7) is 5.27. The van der Waals surface area contributed by atoms with Crippen LogP contribution in [0.15, 0.2) is 36.4 Å². The molecule has 0 aromatic heterocycles. The van der Waals surface area contributed by atoms with Crippen molar-refractivity contribution in [3.8, 4) is 5.75 Å². The predicted molar refractivity (Wildman–Crippen MR) is 184 cm³/mol. The number of fused-ring (bicyclic) bond motifs is 1. The van der Waals surface area contributed by atoms with Crippen LogP contribution in [-0.2, 0) is 38.1 Å². The third-order valence-corrected chi connectivity index (χ3v) is 10.5. The highest BCUT2D eigenvalue weighted by Crippen LogP contribution is 2.42. The molecule has 0 spiro atoms. The summed E-state index contributed by atoms with van der Waals surface area (Å²) in [6.07, 6.45) is -4.11. The molecule has 3 fully saturated rings. The number of benzene rings is 2. The number of amides is 4. The highest BCUT2D eigenvalue weighted by atomic mass is 35.5. The van der Waals surface area contributed by atoms with E-state index in [9.17, 15) is 32.3 Å². The molecule has 282 valence electrons. The molecule has 12 nitrogen and oxygen atoms in total. The molecule has 52 heavy (non-hydrogen) atoms. The van der Waals surface area contributed by atoms with Crippen molar-refractivity contribution >= 4 is 41.3 Å². The third-order valence-electron chi connectivity index (χ3n) is 10.2. The second kappa shape index (κ2) is 16.3. The van der Waals surface area contributed by atoms with E-state index in [-0.39, 0.29) is 30.7 Å². The number of anilines is 1. The summed E-state index contributed by atoms with van der Waals surface area (Å²) in [5.41, 5.74) is 0.522. The number of carbonyl (C=O) groups excluding carboxylic acids is 4. The second-order valence-electron chi connectivity index (χ2n) is 13.6. The minimum Gasteiger partial charge on any atom is -0.436 e. The van der Waals surface area contributed by atoms with Crippen LogP contribution in [0, 0.1) is 0 Å². The minimum absolute atomic E-state index is 0.0212. The van der Waals surface area contributed by atoms with Crippen LogP contribution in [0.2, 0.25) is 5.02 Å². The number of piperazine rings is 1. The predicted octanol–water partition coefficient (Wildman–Crippen LogP) is 5.21. The molecule has 0 aliphatic carbocycles. The van der Waals surface area contributed by atoms with Crippen LogP contribution in [0.5, 0.6) is 5.75 Å². The molecule has 4 aliphatic heterocycles. The number of alkyl halides is 3. The van der Waals surface area contributed by atoms with Gasteiger partial charge in [0, 0.05) is 90.1 Å². The SMILES string of the molecule is CC(=O)Oc1c(Cl)cc(C[C@@H](OC(=O)N2CCC(N3CCc4ccccc4NC3=O)CC2)C(=O)N2CCN(C3CCOCC3)CC2)cc1C(F)(F)F. The molecule has 0 bridgehead atoms. The number of hydrogen-bond acceptors (Lipinski definition) is 8. The molecule has 3 saturated heterocycles. The molecule has 0 saturated carbocycles. The summed E-state index contributed by atoms with van der Waals surface area (Å²) >= 11 is 6.20. The van der Waals surface area contributed by atoms with Gasteiger partial charge < -0.3 is 34.2 Å². The van der Waals surface area contributed by atoms with Gasteiger partial charge in [-0.05, 0) is 61.4 Å². The molecule has 4 aliphatic rings. The maximum Gasteiger partial charge on any atom is 0.420 e. The van der Waals surface area contributed by atoms with E-state index in [0.717, 1.165) is 37.1 Å². The molecular formula is C36H43ClF3N5O7. The number of nitrogens with one attached hydrogen (secondary N) is 1. The van der Waals surface area contributed by atoms with Crippen LogP contribution in [0.1, 0.15) is 49.3 Å². The molecule has 0 unspecified atom stereocenters. The minimum atomic E-state index is -4.93. The Labute approximate surface area is 305 Å². The van der Waals surface area contributed by atoms with E-state index < -0.39 is 53.0 Å². The van der Waals surface area contributed by atoms with Crippen molar-refractivity contribution < 1.29 is 46.6 Å². The van der Waals surface area contributed by atoms with Gasteiger partial charge in [0.15, 0.2) is 11.9 Å². The van der Waals surface area contributed by atoms with Crippen LogP contribution in [0.25, 0.3) is 0 Å². The van der Waals surface area contributed by atoms with Gasteiger partial charge in [0.05, 0.1) is 5.02 Å². The van der Waals surface area contributed by atoms with E-state index in [1.54, 1.807) is 9.80 Å². The fourth-order valence-electron chi connectivity index (χ4n) is 7.47. The Morgan fingerprint density at radius 3 is 2.31 bits per heavy atom. The normalized spacial score (nSPS) is 20.1. The molecule has 1 atom stereocenters. The van der Waals surface area contributed by atoms with Crippen molar-refractivity contribution in [2.24, 2.45) is 0 Å². The van der Waals surface area contributed by atoms with Crippen LogP contribution < -0.4 is 10.1 Å². The zero-order chi connectivity index (χ0) is 37.0. The summed E-state index contributed by atoms with van der Waals surface area (Å²) in [7, 11) is 0. The van der Waals surface area contributed by atoms with Crippen LogP contribution in [-0.4, -0.2) is 121 Å². The first-order chi connectivity index (χ1) is 24.9. The van der Waals surface area contributed by atoms with Crippen molar-refractivity contribution in [1.82, 2.24) is 19.6 Å². The number of piperidine rings is 1. The molecule has 6 rings (SSSR count). The summed E-state index contributed by atoms with van der Waals surface area (Å²) in [6, 6.07) is 9.60. The van der Waals surface area contributed by atoms with Crippen molar-refractivity contribution in [2.75, 3.05) is 64.3 Å². The number of hydrogen-bond donors (Lipinski definition) is 1. The van der Waals surface area contributed by atoms with E-state index in [2.05, 4.69) is 10.2 Å². The van der Waals surface area contributed by atoms with E-state index in [1.807, 2.05) is 24.3 Å². The number of ether oxygens (including phenoxy) is 3. The van der Waals surface area contributed by atoms with Gasteiger partial charge in [0.1, 0.15) is 5.56 Å². The monoisotopic (exact) mass is 749 g/mol. The first-order valence-corrected chi connectivity index (χ1v) is 18.0. The zero-order valence-corrected chi connectivity index (χ0v) is 29.7. The summed E-state index contributed by atoms with van der Waals surface area (Å²) < 4.78 is 58.4. The molecule has 0 radical (unpaired) electrons. The average Bonchev–Trinajstić information content (AvgIpc) is 3.30. The van der Waals surface area contributed by atoms with Gasteiger partial charge in [-0.3, -0.25) is 14.5 Å². The maximum atomic E-state index is 14.1. The van der Waals surface area contributed by atoms with Gasteiger partial charge >= 0.3 is 24.3 Å². The Morgan fingerprint density at radius 2 is 1.63 bits per heavy atom. The number of urea groups is 1. The van der Waals surface area contributed by atoms with E-state index in [4.69, 9.17) is 25.8 Å². The maximum absolute atomic E-state index is 14.1. The quantitative estimate of drug-likeness (QED) is 0.303. The lowest BCUT2D eigenvalue weighted by atomic mass is 10.0. The van der Waals surface area contributed by atoms with Gasteiger partial charge in [-0.1, -0.05) is 29.8 Å². The summed E-state index contributed by atoms with van der Waals surface area (Å²) in [5, 5.41) is 2.51. The number of carbonyl (C=O) groups is 4. The second-order valence-corrected chi connectivity index (χ2v) is 14.0. The topological polar surface area (TPSA) is 121 Å². The summed E-state index contributed by atoms with van der Waals surface area (Å²) in [4.78, 5) is 59.4. The first-order valence-electron chi connectivity index (χ1n) is 17.7. The highest BCUT2D eigenvalue weighted by molar-refractivity contribution is 6.32. The van der Waals surface area contributed by atoms with E-state index in [0.29, 0.717) is 71.2 Å². The lowest BCUT2D eigenvalue weighted by Gasteiger charge is -2.41. The molecular weight excluding hydrogens is 707 g/mol. The van der Waals surface area contributed by atoms with Gasteiger partial charge in [-0.2, -0.15) is 13.2 Å². The smallest absolute Gasteiger partial charge is 0.420 e. The Kier molecular flexibility index (Phi) is 11.8. The summed E-state index contributed by atoms with van der Waals surface area (Å²) in [5.74, 6) is -2.34. The first kappa shape index (κ1) is 37.7. The zero-order valence-electron chi connectivity index (χ0n) is 29.0. The molecule has 4 heterocycles. The molecule has 1 N–H and O–H groups in total. The Balaban J connectivity index is 1.15. The van der Waals surface area contributed by atoms with Crippen molar-refractivity contribution in [1.29, 1.82) is 0 Å². The number of para-hydroxylation sites is 1.